The molecule has 2 heterocycles. The topological polar surface area (TPSA) is 131 Å². The zero-order chi connectivity index (χ0) is 22.1. The maximum absolute atomic E-state index is 12.7. The summed E-state index contributed by atoms with van der Waals surface area (Å²) in [5, 5.41) is 20.2. The minimum Gasteiger partial charge on any atom is -0.494 e. The number of pyridine rings is 1. The SMILES string of the molecule is COc1ccc(N=Cc2c(C)c(C#N)c(=O)n([C@@H]3CCS(=O)(=O)C3)c2O)cc1OC. The summed E-state index contributed by atoms with van der Waals surface area (Å²) in [5.74, 6) is 0.239. The fourth-order valence-corrected chi connectivity index (χ4v) is 5.16. The number of aliphatic imine (C=N–C) groups is 1. The third kappa shape index (κ3) is 3.89. The van der Waals surface area contributed by atoms with Gasteiger partial charge in [-0.2, -0.15) is 5.26 Å². The van der Waals surface area contributed by atoms with Crippen LogP contribution in [0.15, 0.2) is 28.0 Å². The monoisotopic (exact) mass is 431 g/mol. The van der Waals surface area contributed by atoms with Crippen molar-refractivity contribution in [3.8, 4) is 23.4 Å². The fourth-order valence-electron chi connectivity index (χ4n) is 3.46. The summed E-state index contributed by atoms with van der Waals surface area (Å²) in [6, 6.07) is 6.10. The number of sulfone groups is 1. The van der Waals surface area contributed by atoms with Gasteiger partial charge in [-0.25, -0.2) is 8.42 Å². The number of benzene rings is 1. The van der Waals surface area contributed by atoms with E-state index in [0.29, 0.717) is 17.2 Å². The molecule has 1 saturated heterocycles. The van der Waals surface area contributed by atoms with Gasteiger partial charge < -0.3 is 14.6 Å². The molecule has 0 aliphatic carbocycles. The molecule has 0 radical (unpaired) electrons. The molecule has 30 heavy (non-hydrogen) atoms. The van der Waals surface area contributed by atoms with E-state index in [1.807, 2.05) is 6.07 Å². The molecular weight excluding hydrogens is 410 g/mol. The van der Waals surface area contributed by atoms with Gasteiger partial charge in [0.15, 0.2) is 21.3 Å². The molecule has 10 heteroatoms. The van der Waals surface area contributed by atoms with Crippen molar-refractivity contribution < 1.29 is 23.0 Å². The Labute approximate surface area is 173 Å². The standard InChI is InChI=1S/C20H21N3O6S/c1-12-15(9-21)19(24)23(14-6-7-30(26,27)11-14)20(25)16(12)10-22-13-4-5-17(28-2)18(8-13)29-3/h4-5,8,10,14,25H,6-7,11H2,1-3H3/t14-/m1/s1. The number of methoxy groups -OCH3 is 2. The van der Waals surface area contributed by atoms with Crippen LogP contribution in [0.1, 0.15) is 29.2 Å². The molecule has 0 bridgehead atoms. The van der Waals surface area contributed by atoms with Crippen molar-refractivity contribution in [3.63, 3.8) is 0 Å². The normalized spacial score (nSPS) is 17.7. The third-order valence-corrected chi connectivity index (χ3v) is 6.83. The predicted molar refractivity (Wildman–Crippen MR) is 111 cm³/mol. The average Bonchev–Trinajstić information content (AvgIpc) is 3.07. The van der Waals surface area contributed by atoms with Gasteiger partial charge in [0.25, 0.3) is 5.56 Å². The Bertz CT molecular complexity index is 1220. The quantitative estimate of drug-likeness (QED) is 0.715. The van der Waals surface area contributed by atoms with E-state index in [0.717, 1.165) is 4.57 Å². The van der Waals surface area contributed by atoms with Crippen LogP contribution < -0.4 is 15.0 Å². The molecule has 1 aliphatic heterocycles. The smallest absolute Gasteiger partial charge is 0.271 e. The molecule has 0 saturated carbocycles. The molecule has 2 aromatic rings. The highest BCUT2D eigenvalue weighted by molar-refractivity contribution is 7.91. The largest absolute Gasteiger partial charge is 0.494 e. The zero-order valence-corrected chi connectivity index (χ0v) is 17.6. The van der Waals surface area contributed by atoms with Crippen molar-refractivity contribution in [1.82, 2.24) is 4.57 Å². The van der Waals surface area contributed by atoms with E-state index in [1.165, 1.54) is 27.4 Å². The van der Waals surface area contributed by atoms with Gasteiger partial charge in [0.05, 0.1) is 43.0 Å². The van der Waals surface area contributed by atoms with Gasteiger partial charge in [-0.1, -0.05) is 0 Å². The number of rotatable bonds is 5. The second kappa shape index (κ2) is 8.20. The van der Waals surface area contributed by atoms with E-state index in [4.69, 9.17) is 9.47 Å². The Morgan fingerprint density at radius 1 is 1.30 bits per heavy atom. The second-order valence-corrected chi connectivity index (χ2v) is 9.11. The van der Waals surface area contributed by atoms with E-state index < -0.39 is 27.3 Å². The summed E-state index contributed by atoms with van der Waals surface area (Å²) < 4.78 is 35.1. The number of hydrogen-bond donors (Lipinski definition) is 1. The lowest BCUT2D eigenvalue weighted by atomic mass is 10.0. The highest BCUT2D eigenvalue weighted by atomic mass is 32.2. The summed E-state index contributed by atoms with van der Waals surface area (Å²) in [4.78, 5) is 17.1. The minimum atomic E-state index is -3.30. The highest BCUT2D eigenvalue weighted by Crippen LogP contribution is 2.32. The number of nitriles is 1. The highest BCUT2D eigenvalue weighted by Gasteiger charge is 2.33. The Morgan fingerprint density at radius 3 is 2.57 bits per heavy atom. The summed E-state index contributed by atoms with van der Waals surface area (Å²) in [6.45, 7) is 1.53. The van der Waals surface area contributed by atoms with Gasteiger partial charge in [0.1, 0.15) is 11.6 Å². The van der Waals surface area contributed by atoms with Gasteiger partial charge in [-0.3, -0.25) is 14.4 Å². The number of nitrogens with zero attached hydrogens (tertiary/aromatic N) is 3. The Kier molecular flexibility index (Phi) is 5.85. The van der Waals surface area contributed by atoms with E-state index in [-0.39, 0.29) is 34.6 Å². The maximum atomic E-state index is 12.7. The van der Waals surface area contributed by atoms with Crippen LogP contribution in [0.25, 0.3) is 0 Å². The molecule has 1 aliphatic rings. The van der Waals surface area contributed by atoms with Crippen LogP contribution in [0.5, 0.6) is 17.4 Å². The van der Waals surface area contributed by atoms with Crippen molar-refractivity contribution in [2.45, 2.75) is 19.4 Å². The lowest BCUT2D eigenvalue weighted by molar-refractivity contribution is 0.355. The lowest BCUT2D eigenvalue weighted by Gasteiger charge is -2.18. The first-order valence-corrected chi connectivity index (χ1v) is 10.9. The summed E-state index contributed by atoms with van der Waals surface area (Å²) >= 11 is 0. The molecule has 0 amide bonds. The van der Waals surface area contributed by atoms with E-state index in [2.05, 4.69) is 4.99 Å². The van der Waals surface area contributed by atoms with Gasteiger partial charge in [0.2, 0.25) is 5.88 Å². The van der Waals surface area contributed by atoms with Crippen molar-refractivity contribution in [1.29, 1.82) is 5.26 Å². The number of ether oxygens (including phenoxy) is 2. The van der Waals surface area contributed by atoms with Gasteiger partial charge in [-0.05, 0) is 31.0 Å². The van der Waals surface area contributed by atoms with E-state index in [9.17, 15) is 23.6 Å². The van der Waals surface area contributed by atoms with Crippen molar-refractivity contribution in [2.75, 3.05) is 25.7 Å². The molecular formula is C20H21N3O6S. The van der Waals surface area contributed by atoms with E-state index >= 15 is 0 Å². The summed E-state index contributed by atoms with van der Waals surface area (Å²) in [5.41, 5.74) is 0.0569. The van der Waals surface area contributed by atoms with Crippen LogP contribution >= 0.6 is 0 Å². The van der Waals surface area contributed by atoms with Gasteiger partial charge >= 0.3 is 0 Å². The minimum absolute atomic E-state index is 0.0750. The Hall–Kier alpha value is -3.32. The molecule has 1 N–H and O–H groups in total. The second-order valence-electron chi connectivity index (χ2n) is 6.88. The number of aromatic nitrogens is 1. The molecule has 1 fully saturated rings. The lowest BCUT2D eigenvalue weighted by Crippen LogP contribution is -2.29. The first-order chi connectivity index (χ1) is 14.2. The Morgan fingerprint density at radius 2 is 2.00 bits per heavy atom. The first kappa shape index (κ1) is 21.4. The molecule has 1 atom stereocenters. The molecule has 158 valence electrons. The average molecular weight is 431 g/mol. The first-order valence-electron chi connectivity index (χ1n) is 9.07. The van der Waals surface area contributed by atoms with Crippen LogP contribution in [-0.2, 0) is 9.84 Å². The summed E-state index contributed by atoms with van der Waals surface area (Å²) in [7, 11) is -0.298. The van der Waals surface area contributed by atoms with Crippen molar-refractivity contribution >= 4 is 21.7 Å². The van der Waals surface area contributed by atoms with Gasteiger partial charge in [-0.15, -0.1) is 0 Å². The fraction of sp³-hybridized carbons (Fsp3) is 0.350. The molecule has 3 rings (SSSR count). The maximum Gasteiger partial charge on any atom is 0.271 e. The van der Waals surface area contributed by atoms with Crippen LogP contribution in [-0.4, -0.2) is 50.0 Å². The van der Waals surface area contributed by atoms with E-state index in [1.54, 1.807) is 18.2 Å². The molecule has 9 nitrogen and oxygen atoms in total. The third-order valence-electron chi connectivity index (χ3n) is 5.08. The summed E-state index contributed by atoms with van der Waals surface area (Å²) in [6.07, 6.45) is 1.53. The van der Waals surface area contributed by atoms with Crippen LogP contribution in [0, 0.1) is 18.3 Å². The van der Waals surface area contributed by atoms with Crippen LogP contribution in [0.3, 0.4) is 0 Å². The van der Waals surface area contributed by atoms with Gasteiger partial charge in [0, 0.05) is 12.3 Å². The van der Waals surface area contributed by atoms with Crippen LogP contribution in [0.4, 0.5) is 5.69 Å². The van der Waals surface area contributed by atoms with Crippen molar-refractivity contribution in [3.05, 3.63) is 45.2 Å². The number of aromatic hydroxyl groups is 1. The predicted octanol–water partition coefficient (Wildman–Crippen LogP) is 1.86. The molecule has 1 aromatic carbocycles. The Balaban J connectivity index is 2.11. The van der Waals surface area contributed by atoms with Crippen LogP contribution in [0.2, 0.25) is 0 Å². The zero-order valence-electron chi connectivity index (χ0n) is 16.7. The number of hydrogen-bond acceptors (Lipinski definition) is 8. The molecule has 1 aromatic heterocycles. The van der Waals surface area contributed by atoms with Crippen molar-refractivity contribution in [2.24, 2.45) is 4.99 Å². The molecule has 0 spiro atoms. The molecule has 0 unspecified atom stereocenters.